The number of hydrogen-bond donors (Lipinski definition) is 2. The molecule has 1 aromatic carbocycles. The van der Waals surface area contributed by atoms with E-state index in [1.54, 1.807) is 0 Å². The van der Waals surface area contributed by atoms with Crippen LogP contribution in [0.3, 0.4) is 0 Å². The van der Waals surface area contributed by atoms with Crippen molar-refractivity contribution in [2.75, 3.05) is 6.54 Å². The van der Waals surface area contributed by atoms with Gasteiger partial charge in [0.2, 0.25) is 10.0 Å². The molecule has 1 fully saturated rings. The minimum Gasteiger partial charge on any atom is -0.393 e. The van der Waals surface area contributed by atoms with Crippen molar-refractivity contribution in [1.29, 1.82) is 0 Å². The number of aliphatic hydroxyl groups excluding tert-OH is 1. The first-order valence-corrected chi connectivity index (χ1v) is 7.93. The monoisotopic (exact) mass is 305 g/mol. The lowest BCUT2D eigenvalue weighted by atomic mass is 10.1. The molecule has 7 heteroatoms. The van der Waals surface area contributed by atoms with E-state index in [2.05, 4.69) is 4.72 Å². The molecule has 1 saturated carbocycles. The van der Waals surface area contributed by atoms with Crippen molar-refractivity contribution >= 4 is 10.0 Å². The molecule has 2 rings (SSSR count). The molecule has 0 aliphatic heterocycles. The number of aliphatic hydroxyl groups is 1. The Morgan fingerprint density at radius 1 is 1.30 bits per heavy atom. The molecule has 0 spiro atoms. The van der Waals surface area contributed by atoms with Crippen LogP contribution in [0.15, 0.2) is 17.0 Å². The van der Waals surface area contributed by atoms with Crippen molar-refractivity contribution in [2.45, 2.75) is 37.2 Å². The summed E-state index contributed by atoms with van der Waals surface area (Å²) in [5.74, 6) is -1.93. The SMILES string of the molecule is Cc1cc(F)c(S(=O)(=O)NCC2CCCC2O)cc1F. The molecule has 1 aromatic rings. The summed E-state index contributed by atoms with van der Waals surface area (Å²) in [7, 11) is -4.12. The van der Waals surface area contributed by atoms with Gasteiger partial charge >= 0.3 is 0 Å². The predicted octanol–water partition coefficient (Wildman–Crippen LogP) is 1.71. The fraction of sp³-hybridized carbons (Fsp3) is 0.538. The van der Waals surface area contributed by atoms with Crippen molar-refractivity contribution in [3.63, 3.8) is 0 Å². The highest BCUT2D eigenvalue weighted by Crippen LogP contribution is 2.25. The Morgan fingerprint density at radius 2 is 2.00 bits per heavy atom. The molecule has 0 bridgehead atoms. The third-order valence-electron chi connectivity index (χ3n) is 3.66. The molecular formula is C13H17F2NO3S. The molecule has 1 aliphatic rings. The third kappa shape index (κ3) is 3.16. The van der Waals surface area contributed by atoms with E-state index in [0.717, 1.165) is 12.5 Å². The van der Waals surface area contributed by atoms with Crippen molar-refractivity contribution in [2.24, 2.45) is 5.92 Å². The highest BCUT2D eigenvalue weighted by atomic mass is 32.2. The van der Waals surface area contributed by atoms with Crippen LogP contribution in [-0.2, 0) is 10.0 Å². The first-order chi connectivity index (χ1) is 9.31. The lowest BCUT2D eigenvalue weighted by Gasteiger charge is -2.15. The second kappa shape index (κ2) is 5.75. The van der Waals surface area contributed by atoms with Crippen molar-refractivity contribution in [3.8, 4) is 0 Å². The van der Waals surface area contributed by atoms with E-state index in [-0.39, 0.29) is 18.0 Å². The van der Waals surface area contributed by atoms with Gasteiger partial charge in [0, 0.05) is 6.54 Å². The van der Waals surface area contributed by atoms with Gasteiger partial charge in [-0.2, -0.15) is 0 Å². The van der Waals surface area contributed by atoms with Gasteiger partial charge in [0.1, 0.15) is 16.5 Å². The second-order valence-corrected chi connectivity index (χ2v) is 6.88. The summed E-state index contributed by atoms with van der Waals surface area (Å²) in [5, 5.41) is 9.62. The van der Waals surface area contributed by atoms with Gasteiger partial charge in [0.15, 0.2) is 0 Å². The zero-order chi connectivity index (χ0) is 14.9. The molecule has 0 radical (unpaired) electrons. The van der Waals surface area contributed by atoms with E-state index in [4.69, 9.17) is 0 Å². The minimum atomic E-state index is -4.12. The number of sulfonamides is 1. The van der Waals surface area contributed by atoms with E-state index >= 15 is 0 Å². The van der Waals surface area contributed by atoms with E-state index < -0.39 is 32.7 Å². The van der Waals surface area contributed by atoms with Gasteiger partial charge in [-0.1, -0.05) is 6.42 Å². The molecular weight excluding hydrogens is 288 g/mol. The van der Waals surface area contributed by atoms with Gasteiger partial charge in [0.25, 0.3) is 0 Å². The van der Waals surface area contributed by atoms with Gasteiger partial charge in [-0.25, -0.2) is 21.9 Å². The summed E-state index contributed by atoms with van der Waals surface area (Å²) in [6, 6.07) is 1.53. The van der Waals surface area contributed by atoms with Gasteiger partial charge in [-0.05, 0) is 43.4 Å². The van der Waals surface area contributed by atoms with Gasteiger partial charge in [-0.15, -0.1) is 0 Å². The maximum absolute atomic E-state index is 13.7. The quantitative estimate of drug-likeness (QED) is 0.890. The van der Waals surface area contributed by atoms with Crippen LogP contribution in [0.25, 0.3) is 0 Å². The Kier molecular flexibility index (Phi) is 4.41. The molecule has 20 heavy (non-hydrogen) atoms. The van der Waals surface area contributed by atoms with Crippen molar-refractivity contribution < 1.29 is 22.3 Å². The molecule has 112 valence electrons. The van der Waals surface area contributed by atoms with E-state index in [1.807, 2.05) is 0 Å². The number of hydrogen-bond acceptors (Lipinski definition) is 3. The standard InChI is InChI=1S/C13H17F2NO3S/c1-8-5-11(15)13(6-10(8)14)20(18,19)16-7-9-3-2-4-12(9)17/h5-6,9,12,16-17H,2-4,7H2,1H3. The second-order valence-electron chi connectivity index (χ2n) is 5.14. The Balaban J connectivity index is 2.16. The van der Waals surface area contributed by atoms with Gasteiger partial charge in [0.05, 0.1) is 6.10 Å². The van der Waals surface area contributed by atoms with Crippen LogP contribution in [0.2, 0.25) is 0 Å². The Morgan fingerprint density at radius 3 is 2.60 bits per heavy atom. The zero-order valence-electron chi connectivity index (χ0n) is 11.1. The van der Waals surface area contributed by atoms with Crippen LogP contribution in [-0.4, -0.2) is 26.2 Å². The molecule has 4 nitrogen and oxygen atoms in total. The topological polar surface area (TPSA) is 66.4 Å². The summed E-state index contributed by atoms with van der Waals surface area (Å²) < 4.78 is 53.3. The maximum Gasteiger partial charge on any atom is 0.243 e. The van der Waals surface area contributed by atoms with Crippen LogP contribution in [0.4, 0.5) is 8.78 Å². The highest BCUT2D eigenvalue weighted by Gasteiger charge is 2.28. The van der Waals surface area contributed by atoms with Crippen LogP contribution < -0.4 is 4.72 Å². The average Bonchev–Trinajstić information content (AvgIpc) is 2.77. The lowest BCUT2D eigenvalue weighted by molar-refractivity contribution is 0.134. The van der Waals surface area contributed by atoms with Crippen LogP contribution in [0.1, 0.15) is 24.8 Å². The largest absolute Gasteiger partial charge is 0.393 e. The van der Waals surface area contributed by atoms with Gasteiger partial charge in [-0.3, -0.25) is 0 Å². The summed E-state index contributed by atoms with van der Waals surface area (Å²) in [6.45, 7) is 1.38. The normalized spacial score (nSPS) is 23.2. The first-order valence-electron chi connectivity index (χ1n) is 6.44. The van der Waals surface area contributed by atoms with Crippen LogP contribution in [0.5, 0.6) is 0 Å². The molecule has 0 aromatic heterocycles. The molecule has 0 heterocycles. The fourth-order valence-corrected chi connectivity index (χ4v) is 3.55. The Bertz CT molecular complexity index is 604. The summed E-state index contributed by atoms with van der Waals surface area (Å²) in [6.07, 6.45) is 1.65. The summed E-state index contributed by atoms with van der Waals surface area (Å²) in [4.78, 5) is -0.701. The zero-order valence-corrected chi connectivity index (χ0v) is 11.9. The smallest absolute Gasteiger partial charge is 0.243 e. The maximum atomic E-state index is 13.7. The molecule has 0 saturated heterocycles. The molecule has 2 atom stereocenters. The molecule has 0 amide bonds. The third-order valence-corrected chi connectivity index (χ3v) is 5.10. The highest BCUT2D eigenvalue weighted by molar-refractivity contribution is 7.89. The number of benzene rings is 1. The van der Waals surface area contributed by atoms with Crippen LogP contribution >= 0.6 is 0 Å². The van der Waals surface area contributed by atoms with E-state index in [1.165, 1.54) is 6.92 Å². The number of halogens is 2. The Hall–Kier alpha value is -1.05. The van der Waals surface area contributed by atoms with Crippen molar-refractivity contribution in [3.05, 3.63) is 29.3 Å². The predicted molar refractivity (Wildman–Crippen MR) is 69.6 cm³/mol. The molecule has 1 aliphatic carbocycles. The first kappa shape index (κ1) is 15.3. The summed E-state index contributed by atoms with van der Waals surface area (Å²) >= 11 is 0. The van der Waals surface area contributed by atoms with E-state index in [0.29, 0.717) is 18.9 Å². The number of aryl methyl sites for hydroxylation is 1. The molecule has 2 unspecified atom stereocenters. The Labute approximate surface area is 116 Å². The minimum absolute atomic E-state index is 0.0262. The van der Waals surface area contributed by atoms with Crippen LogP contribution in [0, 0.1) is 24.5 Å². The number of rotatable bonds is 4. The lowest BCUT2D eigenvalue weighted by Crippen LogP contribution is -2.33. The fourth-order valence-electron chi connectivity index (χ4n) is 2.38. The number of nitrogens with one attached hydrogen (secondary N) is 1. The van der Waals surface area contributed by atoms with E-state index in [9.17, 15) is 22.3 Å². The van der Waals surface area contributed by atoms with Crippen molar-refractivity contribution in [1.82, 2.24) is 4.72 Å². The average molecular weight is 305 g/mol. The summed E-state index contributed by atoms with van der Waals surface area (Å²) in [5.41, 5.74) is 0.0488. The molecule has 2 N–H and O–H groups in total. The van der Waals surface area contributed by atoms with Gasteiger partial charge < -0.3 is 5.11 Å².